The fourth-order valence-electron chi connectivity index (χ4n) is 2.81. The molecule has 1 aliphatic rings. The van der Waals surface area contributed by atoms with Gasteiger partial charge in [0.05, 0.1) is 18.0 Å². The van der Waals surface area contributed by atoms with Gasteiger partial charge in [-0.05, 0) is 31.0 Å². The van der Waals surface area contributed by atoms with Crippen LogP contribution in [0.25, 0.3) is 0 Å². The topological polar surface area (TPSA) is 77.5 Å². The van der Waals surface area contributed by atoms with Crippen molar-refractivity contribution in [3.8, 4) is 0 Å². The van der Waals surface area contributed by atoms with Gasteiger partial charge in [0.2, 0.25) is 0 Å². The summed E-state index contributed by atoms with van der Waals surface area (Å²) >= 11 is 0. The predicted molar refractivity (Wildman–Crippen MR) is 94.1 cm³/mol. The molecule has 6 nitrogen and oxygen atoms in total. The molecule has 3 N–H and O–H groups in total. The molecule has 0 radical (unpaired) electrons. The molecule has 0 saturated carbocycles. The van der Waals surface area contributed by atoms with E-state index >= 15 is 0 Å². The molecule has 3 rings (SSSR count). The predicted octanol–water partition coefficient (Wildman–Crippen LogP) is 2.68. The van der Waals surface area contributed by atoms with E-state index in [0.717, 1.165) is 18.9 Å². The number of hydrogen-bond acceptors (Lipinski definition) is 4. The summed E-state index contributed by atoms with van der Waals surface area (Å²) in [5, 5.41) is 15.1. The summed E-state index contributed by atoms with van der Waals surface area (Å²) in [5.41, 5.74) is 0.709. The highest BCUT2D eigenvalue weighted by molar-refractivity contribution is 5.89. The monoisotopic (exact) mass is 344 g/mol. The van der Waals surface area contributed by atoms with E-state index in [4.69, 9.17) is 0 Å². The number of nitrogens with zero attached hydrogens (tertiary/aromatic N) is 2. The molecule has 0 aliphatic carbocycles. The van der Waals surface area contributed by atoms with Gasteiger partial charge < -0.3 is 20.6 Å². The Balaban J connectivity index is 1.49. The molecule has 132 valence electrons. The van der Waals surface area contributed by atoms with Crippen LogP contribution in [0.1, 0.15) is 24.5 Å². The minimum atomic E-state index is -1.11. The van der Waals surface area contributed by atoms with Gasteiger partial charge in [-0.25, -0.2) is 14.2 Å². The zero-order chi connectivity index (χ0) is 17.6. The molecule has 1 aromatic carbocycles. The van der Waals surface area contributed by atoms with Crippen LogP contribution >= 0.6 is 0 Å². The Morgan fingerprint density at radius 2 is 2.00 bits per heavy atom. The van der Waals surface area contributed by atoms with Crippen LogP contribution < -0.4 is 15.5 Å². The van der Waals surface area contributed by atoms with Gasteiger partial charge in [0.1, 0.15) is 11.6 Å². The van der Waals surface area contributed by atoms with Gasteiger partial charge in [-0.1, -0.05) is 18.2 Å². The summed E-state index contributed by atoms with van der Waals surface area (Å²) in [7, 11) is 0. The quantitative estimate of drug-likeness (QED) is 0.779. The standard InChI is InChI=1S/C18H21FN4O2/c19-15-6-2-1-5-14(15)16(24)12-21-18(25)22-13-7-8-17(20-11-13)23-9-3-4-10-23/h1-2,5-8,11,16,24H,3-4,9-10,12H2,(H2,21,22,25)/t16-/m0/s1. The fourth-order valence-corrected chi connectivity index (χ4v) is 2.81. The molecule has 25 heavy (non-hydrogen) atoms. The van der Waals surface area contributed by atoms with Crippen molar-refractivity contribution in [3.63, 3.8) is 0 Å². The zero-order valence-corrected chi connectivity index (χ0v) is 13.8. The number of rotatable bonds is 5. The maximum Gasteiger partial charge on any atom is 0.319 e. The highest BCUT2D eigenvalue weighted by Gasteiger charge is 2.15. The molecule has 1 saturated heterocycles. The number of anilines is 2. The fraction of sp³-hybridized carbons (Fsp3) is 0.333. The molecular weight excluding hydrogens is 323 g/mol. The normalized spacial score (nSPS) is 15.0. The van der Waals surface area contributed by atoms with E-state index in [9.17, 15) is 14.3 Å². The largest absolute Gasteiger partial charge is 0.386 e. The first-order valence-electron chi connectivity index (χ1n) is 8.32. The number of aliphatic hydroxyl groups excluding tert-OH is 1. The number of carbonyl (C=O) groups excluding carboxylic acids is 1. The van der Waals surface area contributed by atoms with Gasteiger partial charge in [0.15, 0.2) is 0 Å². The average Bonchev–Trinajstić information content (AvgIpc) is 3.15. The van der Waals surface area contributed by atoms with Crippen LogP contribution in [0.15, 0.2) is 42.6 Å². The first kappa shape index (κ1) is 17.2. The van der Waals surface area contributed by atoms with Crippen LogP contribution in [-0.4, -0.2) is 35.8 Å². The van der Waals surface area contributed by atoms with Gasteiger partial charge in [-0.2, -0.15) is 0 Å². The second kappa shape index (κ2) is 7.94. The lowest BCUT2D eigenvalue weighted by molar-refractivity contribution is 0.170. The number of aromatic nitrogens is 1. The molecule has 7 heteroatoms. The summed E-state index contributed by atoms with van der Waals surface area (Å²) in [6, 6.07) is 9.11. The van der Waals surface area contributed by atoms with Crippen LogP contribution in [0.5, 0.6) is 0 Å². The van der Waals surface area contributed by atoms with Crippen molar-refractivity contribution >= 4 is 17.5 Å². The van der Waals surface area contributed by atoms with E-state index in [0.29, 0.717) is 5.69 Å². The second-order valence-corrected chi connectivity index (χ2v) is 5.97. The molecule has 2 heterocycles. The Hall–Kier alpha value is -2.67. The number of benzene rings is 1. The molecule has 1 aliphatic heterocycles. The minimum Gasteiger partial charge on any atom is -0.386 e. The van der Waals surface area contributed by atoms with Crippen LogP contribution in [0.4, 0.5) is 20.7 Å². The molecule has 2 amide bonds. The number of hydrogen-bond donors (Lipinski definition) is 3. The summed E-state index contributed by atoms with van der Waals surface area (Å²) < 4.78 is 13.6. The summed E-state index contributed by atoms with van der Waals surface area (Å²) in [5.74, 6) is 0.400. The van der Waals surface area contributed by atoms with Crippen molar-refractivity contribution in [2.45, 2.75) is 18.9 Å². The van der Waals surface area contributed by atoms with E-state index in [1.807, 2.05) is 6.07 Å². The first-order valence-corrected chi connectivity index (χ1v) is 8.32. The molecule has 1 atom stereocenters. The second-order valence-electron chi connectivity index (χ2n) is 5.97. The van der Waals surface area contributed by atoms with Gasteiger partial charge in [0.25, 0.3) is 0 Å². The van der Waals surface area contributed by atoms with Gasteiger partial charge >= 0.3 is 6.03 Å². The number of pyridine rings is 1. The summed E-state index contributed by atoms with van der Waals surface area (Å²) in [6.45, 7) is 1.93. The first-order chi connectivity index (χ1) is 12.1. The van der Waals surface area contributed by atoms with Crippen LogP contribution in [0.3, 0.4) is 0 Å². The number of nitrogens with one attached hydrogen (secondary N) is 2. The van der Waals surface area contributed by atoms with E-state index < -0.39 is 18.0 Å². The van der Waals surface area contributed by atoms with E-state index in [1.54, 1.807) is 24.4 Å². The number of urea groups is 1. The van der Waals surface area contributed by atoms with Crippen LogP contribution in [-0.2, 0) is 0 Å². The summed E-state index contributed by atoms with van der Waals surface area (Å²) in [6.07, 6.45) is 2.84. The zero-order valence-electron chi connectivity index (χ0n) is 13.8. The van der Waals surface area contributed by atoms with Crippen LogP contribution in [0, 0.1) is 5.82 Å². The number of halogens is 1. The van der Waals surface area contributed by atoms with Crippen molar-refractivity contribution in [1.29, 1.82) is 0 Å². The van der Waals surface area contributed by atoms with Crippen LogP contribution in [0.2, 0.25) is 0 Å². The lowest BCUT2D eigenvalue weighted by atomic mass is 10.1. The Labute approximate surface area is 145 Å². The number of amides is 2. The van der Waals surface area contributed by atoms with Gasteiger partial charge in [-0.15, -0.1) is 0 Å². The third kappa shape index (κ3) is 4.45. The highest BCUT2D eigenvalue weighted by Crippen LogP contribution is 2.19. The van der Waals surface area contributed by atoms with Crippen molar-refractivity contribution in [2.24, 2.45) is 0 Å². The maximum absolute atomic E-state index is 13.6. The van der Waals surface area contributed by atoms with Crippen molar-refractivity contribution in [1.82, 2.24) is 10.3 Å². The van der Waals surface area contributed by atoms with Crippen molar-refractivity contribution < 1.29 is 14.3 Å². The minimum absolute atomic E-state index is 0.0912. The lowest BCUT2D eigenvalue weighted by Gasteiger charge is -2.16. The molecule has 0 spiro atoms. The third-order valence-corrected chi connectivity index (χ3v) is 4.16. The van der Waals surface area contributed by atoms with Gasteiger partial charge in [0, 0.05) is 25.2 Å². The summed E-state index contributed by atoms with van der Waals surface area (Å²) in [4.78, 5) is 18.5. The Morgan fingerprint density at radius 1 is 1.24 bits per heavy atom. The number of carbonyl (C=O) groups is 1. The maximum atomic E-state index is 13.6. The molecule has 1 fully saturated rings. The molecule has 0 bridgehead atoms. The van der Waals surface area contributed by atoms with E-state index in [-0.39, 0.29) is 12.1 Å². The SMILES string of the molecule is O=C(NC[C@H](O)c1ccccc1F)Nc1ccc(N2CCCC2)nc1. The van der Waals surface area contributed by atoms with E-state index in [2.05, 4.69) is 20.5 Å². The number of aliphatic hydroxyl groups is 1. The Kier molecular flexibility index (Phi) is 5.45. The van der Waals surface area contributed by atoms with Crippen molar-refractivity contribution in [2.75, 3.05) is 29.9 Å². The molecule has 0 unspecified atom stereocenters. The lowest BCUT2D eigenvalue weighted by Crippen LogP contribution is -2.32. The average molecular weight is 344 g/mol. The molecule has 1 aromatic heterocycles. The smallest absolute Gasteiger partial charge is 0.319 e. The van der Waals surface area contributed by atoms with E-state index in [1.165, 1.54) is 25.0 Å². The Morgan fingerprint density at radius 3 is 2.68 bits per heavy atom. The molecule has 2 aromatic rings. The van der Waals surface area contributed by atoms with Crippen molar-refractivity contribution in [3.05, 3.63) is 54.0 Å². The van der Waals surface area contributed by atoms with Gasteiger partial charge in [-0.3, -0.25) is 0 Å². The highest BCUT2D eigenvalue weighted by atomic mass is 19.1. The Bertz CT molecular complexity index is 717. The third-order valence-electron chi connectivity index (χ3n) is 4.16. The molecular formula is C18H21FN4O2.